The van der Waals surface area contributed by atoms with Crippen molar-refractivity contribution in [3.63, 3.8) is 0 Å². The van der Waals surface area contributed by atoms with Crippen molar-refractivity contribution < 1.29 is 13.2 Å². The molecule has 0 amide bonds. The van der Waals surface area contributed by atoms with Crippen LogP contribution in [0, 0.1) is 0 Å². The predicted octanol–water partition coefficient (Wildman–Crippen LogP) is 2.53. The van der Waals surface area contributed by atoms with E-state index in [0.29, 0.717) is 10.9 Å². The van der Waals surface area contributed by atoms with Crippen LogP contribution in [-0.2, 0) is 16.4 Å². The molecular weight excluding hydrogens is 296 g/mol. The summed E-state index contributed by atoms with van der Waals surface area (Å²) in [6, 6.07) is 7.63. The molecule has 0 saturated carbocycles. The number of aromatic nitrogens is 1. The highest BCUT2D eigenvalue weighted by atomic mass is 32.2. The molecule has 1 aromatic carbocycles. The van der Waals surface area contributed by atoms with Crippen molar-refractivity contribution in [2.45, 2.75) is 13.3 Å². The molecule has 0 aliphatic rings. The Kier molecular flexibility index (Phi) is 4.97. The van der Waals surface area contributed by atoms with E-state index in [2.05, 4.69) is 16.6 Å². The summed E-state index contributed by atoms with van der Waals surface area (Å²) in [5.74, 6) is 0.564. The Balaban J connectivity index is 1.82. The van der Waals surface area contributed by atoms with Crippen LogP contribution in [0.2, 0.25) is 0 Å². The second-order valence-electron chi connectivity index (χ2n) is 4.10. The molecule has 108 valence electrons. The summed E-state index contributed by atoms with van der Waals surface area (Å²) in [4.78, 5) is 3.87. The summed E-state index contributed by atoms with van der Waals surface area (Å²) in [6.45, 7) is 2.18. The van der Waals surface area contributed by atoms with E-state index >= 15 is 0 Å². The van der Waals surface area contributed by atoms with Crippen molar-refractivity contribution in [3.05, 3.63) is 41.4 Å². The molecule has 0 spiro atoms. The lowest BCUT2D eigenvalue weighted by atomic mass is 10.2. The molecular formula is C13H16N2O3S2. The van der Waals surface area contributed by atoms with Crippen molar-refractivity contribution >= 4 is 26.5 Å². The van der Waals surface area contributed by atoms with Gasteiger partial charge >= 0.3 is 0 Å². The minimum Gasteiger partial charge on any atom is -0.492 e. The minimum atomic E-state index is -3.41. The van der Waals surface area contributed by atoms with Gasteiger partial charge in [-0.3, -0.25) is 4.72 Å². The molecule has 0 aliphatic heterocycles. The van der Waals surface area contributed by atoms with E-state index in [1.807, 2.05) is 24.3 Å². The molecule has 0 radical (unpaired) electrons. The summed E-state index contributed by atoms with van der Waals surface area (Å²) in [6.07, 6.45) is 2.51. The number of aryl methyl sites for hydroxylation is 1. The van der Waals surface area contributed by atoms with Gasteiger partial charge in [-0.25, -0.2) is 13.4 Å². The van der Waals surface area contributed by atoms with Crippen LogP contribution in [0.25, 0.3) is 0 Å². The monoisotopic (exact) mass is 312 g/mol. The molecule has 0 saturated heterocycles. The van der Waals surface area contributed by atoms with Gasteiger partial charge in [0.1, 0.15) is 18.1 Å². The largest absolute Gasteiger partial charge is 0.492 e. The smallest absolute Gasteiger partial charge is 0.237 e. The number of sulfonamides is 1. The zero-order valence-corrected chi connectivity index (χ0v) is 12.7. The van der Waals surface area contributed by atoms with Gasteiger partial charge in [0.15, 0.2) is 5.13 Å². The Morgan fingerprint density at radius 1 is 1.30 bits per heavy atom. The molecule has 1 aromatic heterocycles. The molecule has 2 aromatic rings. The van der Waals surface area contributed by atoms with Crippen molar-refractivity contribution in [1.29, 1.82) is 0 Å². The number of thiazole rings is 1. The van der Waals surface area contributed by atoms with Gasteiger partial charge in [0.2, 0.25) is 10.0 Å². The third kappa shape index (κ3) is 4.50. The number of hydrogen-bond donors (Lipinski definition) is 1. The Bertz CT molecular complexity index is 622. The standard InChI is InChI=1S/C13H16N2O3S2/c1-2-11-3-5-12(6-4-11)18-8-10-20(16,17)15-13-14-7-9-19-13/h3-7,9H,2,8,10H2,1H3,(H,14,15). The zero-order valence-electron chi connectivity index (χ0n) is 11.1. The van der Waals surface area contributed by atoms with Gasteiger partial charge in [-0.05, 0) is 24.1 Å². The average Bonchev–Trinajstić information content (AvgIpc) is 2.91. The molecule has 0 bridgehead atoms. The Morgan fingerprint density at radius 3 is 2.65 bits per heavy atom. The lowest BCUT2D eigenvalue weighted by Crippen LogP contribution is -2.21. The molecule has 0 atom stereocenters. The lowest BCUT2D eigenvalue weighted by molar-refractivity contribution is 0.341. The minimum absolute atomic E-state index is 0.103. The van der Waals surface area contributed by atoms with E-state index < -0.39 is 10.0 Å². The number of anilines is 1. The highest BCUT2D eigenvalue weighted by Gasteiger charge is 2.12. The number of rotatable bonds is 7. The fourth-order valence-electron chi connectivity index (χ4n) is 1.55. The first-order valence-corrected chi connectivity index (χ1v) is 8.74. The third-order valence-electron chi connectivity index (χ3n) is 2.63. The normalized spacial score (nSPS) is 11.2. The number of benzene rings is 1. The van der Waals surface area contributed by atoms with E-state index in [-0.39, 0.29) is 12.4 Å². The van der Waals surface area contributed by atoms with E-state index in [9.17, 15) is 8.42 Å². The van der Waals surface area contributed by atoms with Gasteiger partial charge in [0.25, 0.3) is 0 Å². The lowest BCUT2D eigenvalue weighted by Gasteiger charge is -2.08. The topological polar surface area (TPSA) is 68.3 Å². The van der Waals surface area contributed by atoms with E-state index in [0.717, 1.165) is 6.42 Å². The predicted molar refractivity (Wildman–Crippen MR) is 80.8 cm³/mol. The molecule has 0 aliphatic carbocycles. The van der Waals surface area contributed by atoms with Crippen molar-refractivity contribution in [2.75, 3.05) is 17.1 Å². The maximum atomic E-state index is 11.8. The molecule has 1 heterocycles. The summed E-state index contributed by atoms with van der Waals surface area (Å²) in [5.41, 5.74) is 1.22. The molecule has 1 N–H and O–H groups in total. The van der Waals surface area contributed by atoms with Crippen LogP contribution in [0.5, 0.6) is 5.75 Å². The molecule has 7 heteroatoms. The third-order valence-corrected chi connectivity index (χ3v) is 4.65. The van der Waals surface area contributed by atoms with Crippen LogP contribution in [0.3, 0.4) is 0 Å². The highest BCUT2D eigenvalue weighted by molar-refractivity contribution is 7.92. The van der Waals surface area contributed by atoms with Gasteiger partial charge in [-0.2, -0.15) is 0 Å². The molecule has 0 unspecified atom stereocenters. The van der Waals surface area contributed by atoms with Crippen molar-refractivity contribution in [1.82, 2.24) is 4.98 Å². The molecule has 2 rings (SSSR count). The number of hydrogen-bond acceptors (Lipinski definition) is 5. The fraction of sp³-hybridized carbons (Fsp3) is 0.308. The second kappa shape index (κ2) is 6.71. The van der Waals surface area contributed by atoms with Gasteiger partial charge < -0.3 is 4.74 Å². The maximum Gasteiger partial charge on any atom is 0.237 e. The Hall–Kier alpha value is -1.60. The number of nitrogens with one attached hydrogen (secondary N) is 1. The first-order valence-electron chi connectivity index (χ1n) is 6.21. The van der Waals surface area contributed by atoms with Crippen LogP contribution in [0.4, 0.5) is 5.13 Å². The Labute approximate surface area is 122 Å². The molecule has 20 heavy (non-hydrogen) atoms. The van der Waals surface area contributed by atoms with Crippen LogP contribution >= 0.6 is 11.3 Å². The SMILES string of the molecule is CCc1ccc(OCCS(=O)(=O)Nc2nccs2)cc1. The average molecular weight is 312 g/mol. The first kappa shape index (κ1) is 14.8. The molecule has 5 nitrogen and oxygen atoms in total. The molecule has 0 fully saturated rings. The quantitative estimate of drug-likeness (QED) is 0.853. The van der Waals surface area contributed by atoms with Crippen LogP contribution in [0.1, 0.15) is 12.5 Å². The first-order chi connectivity index (χ1) is 9.59. The van der Waals surface area contributed by atoms with Crippen LogP contribution in [-0.4, -0.2) is 25.8 Å². The van der Waals surface area contributed by atoms with Gasteiger partial charge in [-0.15, -0.1) is 11.3 Å². The van der Waals surface area contributed by atoms with Crippen LogP contribution in [0.15, 0.2) is 35.8 Å². The van der Waals surface area contributed by atoms with Gasteiger partial charge in [0, 0.05) is 11.6 Å². The number of ether oxygens (including phenoxy) is 1. The van der Waals surface area contributed by atoms with Gasteiger partial charge in [-0.1, -0.05) is 19.1 Å². The fourth-order valence-corrected chi connectivity index (χ4v) is 3.22. The van der Waals surface area contributed by atoms with Crippen LogP contribution < -0.4 is 9.46 Å². The summed E-state index contributed by atoms with van der Waals surface area (Å²) < 4.78 is 31.4. The summed E-state index contributed by atoms with van der Waals surface area (Å²) in [5, 5.41) is 2.08. The van der Waals surface area contributed by atoms with E-state index in [1.54, 1.807) is 11.6 Å². The summed E-state index contributed by atoms with van der Waals surface area (Å²) in [7, 11) is -3.41. The van der Waals surface area contributed by atoms with E-state index in [1.165, 1.54) is 16.9 Å². The summed E-state index contributed by atoms with van der Waals surface area (Å²) >= 11 is 1.24. The van der Waals surface area contributed by atoms with Crippen molar-refractivity contribution in [3.8, 4) is 5.75 Å². The van der Waals surface area contributed by atoms with Gasteiger partial charge in [0.05, 0.1) is 0 Å². The highest BCUT2D eigenvalue weighted by Crippen LogP contribution is 2.14. The van der Waals surface area contributed by atoms with E-state index in [4.69, 9.17) is 4.74 Å². The second-order valence-corrected chi connectivity index (χ2v) is 6.84. The Morgan fingerprint density at radius 2 is 2.05 bits per heavy atom. The number of nitrogens with zero attached hydrogens (tertiary/aromatic N) is 1. The van der Waals surface area contributed by atoms with Crippen molar-refractivity contribution in [2.24, 2.45) is 0 Å². The zero-order chi connectivity index (χ0) is 14.4. The maximum absolute atomic E-state index is 11.8.